The van der Waals surface area contributed by atoms with Crippen LogP contribution >= 0.6 is 0 Å². The van der Waals surface area contributed by atoms with Gasteiger partial charge in [0.2, 0.25) is 0 Å². The zero-order chi connectivity index (χ0) is 10.9. The molecule has 1 heterocycles. The number of halogens is 1. The molecule has 2 nitrogen and oxygen atoms in total. The first-order chi connectivity index (χ1) is 7.12. The van der Waals surface area contributed by atoms with Crippen molar-refractivity contribution in [2.75, 3.05) is 19.8 Å². The fraction of sp³-hybridized carbons (Fsp3) is 1.00. The Morgan fingerprint density at radius 1 is 1.47 bits per heavy atom. The van der Waals surface area contributed by atoms with Gasteiger partial charge < -0.3 is 4.74 Å². The van der Waals surface area contributed by atoms with Gasteiger partial charge >= 0.3 is 0 Å². The van der Waals surface area contributed by atoms with Crippen molar-refractivity contribution in [2.24, 2.45) is 0 Å². The van der Waals surface area contributed by atoms with E-state index in [4.69, 9.17) is 4.74 Å². The van der Waals surface area contributed by atoms with Gasteiger partial charge in [-0.2, -0.15) is 0 Å². The van der Waals surface area contributed by atoms with E-state index in [9.17, 15) is 4.39 Å². The van der Waals surface area contributed by atoms with Crippen LogP contribution in [0.3, 0.4) is 0 Å². The molecular formula is C12H22FNO. The molecule has 0 radical (unpaired) electrons. The predicted octanol–water partition coefficient (Wildman–Crippen LogP) is 2.38. The van der Waals surface area contributed by atoms with Crippen LogP contribution < -0.4 is 0 Å². The molecule has 2 aliphatic rings. The Hall–Kier alpha value is -0.150. The van der Waals surface area contributed by atoms with Crippen molar-refractivity contribution in [3.63, 3.8) is 0 Å². The van der Waals surface area contributed by atoms with Crippen molar-refractivity contribution >= 4 is 0 Å². The standard InChI is InChI=1S/C12H22FNO/c1-3-15-9-10-5-4-6-14(10)11-7-12(2,13)8-11/h10-11H,3-9H2,1-2H3. The Morgan fingerprint density at radius 2 is 2.20 bits per heavy atom. The zero-order valence-corrected chi connectivity index (χ0v) is 9.84. The summed E-state index contributed by atoms with van der Waals surface area (Å²) < 4.78 is 18.9. The van der Waals surface area contributed by atoms with E-state index in [0.717, 1.165) is 32.6 Å². The molecule has 2 fully saturated rings. The summed E-state index contributed by atoms with van der Waals surface area (Å²) >= 11 is 0. The summed E-state index contributed by atoms with van der Waals surface area (Å²) in [5, 5.41) is 0. The van der Waals surface area contributed by atoms with E-state index in [1.54, 1.807) is 6.92 Å². The summed E-state index contributed by atoms with van der Waals surface area (Å²) in [5.74, 6) is 0. The highest BCUT2D eigenvalue weighted by atomic mass is 19.1. The largest absolute Gasteiger partial charge is 0.380 e. The molecule has 0 bridgehead atoms. The van der Waals surface area contributed by atoms with E-state index < -0.39 is 5.67 Å². The second kappa shape index (κ2) is 4.38. The van der Waals surface area contributed by atoms with Crippen LogP contribution in [0.25, 0.3) is 0 Å². The van der Waals surface area contributed by atoms with Crippen molar-refractivity contribution in [1.82, 2.24) is 4.90 Å². The molecule has 0 aromatic heterocycles. The van der Waals surface area contributed by atoms with Crippen molar-refractivity contribution in [3.05, 3.63) is 0 Å². The molecule has 1 aliphatic carbocycles. The van der Waals surface area contributed by atoms with E-state index in [1.165, 1.54) is 12.8 Å². The van der Waals surface area contributed by atoms with E-state index in [1.807, 2.05) is 6.92 Å². The molecule has 1 aliphatic heterocycles. The van der Waals surface area contributed by atoms with Crippen LogP contribution in [0, 0.1) is 0 Å². The van der Waals surface area contributed by atoms with Crippen LogP contribution in [0.2, 0.25) is 0 Å². The molecule has 0 aromatic carbocycles. The first-order valence-corrected chi connectivity index (χ1v) is 6.15. The number of nitrogens with zero attached hydrogens (tertiary/aromatic N) is 1. The lowest BCUT2D eigenvalue weighted by atomic mass is 9.77. The highest BCUT2D eigenvalue weighted by molar-refractivity contribution is 4.99. The van der Waals surface area contributed by atoms with Gasteiger partial charge in [0.05, 0.1) is 6.61 Å². The van der Waals surface area contributed by atoms with Gasteiger partial charge in [0.15, 0.2) is 0 Å². The van der Waals surface area contributed by atoms with Crippen LogP contribution in [0.15, 0.2) is 0 Å². The van der Waals surface area contributed by atoms with Crippen molar-refractivity contribution < 1.29 is 9.13 Å². The maximum absolute atomic E-state index is 13.4. The number of alkyl halides is 1. The third-order valence-electron chi connectivity index (χ3n) is 3.73. The molecule has 1 saturated heterocycles. The lowest BCUT2D eigenvalue weighted by molar-refractivity contribution is -0.0352. The van der Waals surface area contributed by atoms with Gasteiger partial charge in [-0.1, -0.05) is 0 Å². The molecule has 0 amide bonds. The van der Waals surface area contributed by atoms with Gasteiger partial charge in [0, 0.05) is 18.7 Å². The fourth-order valence-corrected chi connectivity index (χ4v) is 2.93. The van der Waals surface area contributed by atoms with Crippen LogP contribution in [-0.2, 0) is 4.74 Å². The third-order valence-corrected chi connectivity index (χ3v) is 3.73. The first-order valence-electron chi connectivity index (χ1n) is 6.15. The van der Waals surface area contributed by atoms with Crippen LogP contribution in [0.4, 0.5) is 4.39 Å². The average Bonchev–Trinajstić information content (AvgIpc) is 2.58. The number of rotatable bonds is 4. The van der Waals surface area contributed by atoms with Gasteiger partial charge in [-0.15, -0.1) is 0 Å². The monoisotopic (exact) mass is 215 g/mol. The van der Waals surface area contributed by atoms with Crippen LogP contribution in [-0.4, -0.2) is 42.4 Å². The zero-order valence-electron chi connectivity index (χ0n) is 9.84. The van der Waals surface area contributed by atoms with Crippen molar-refractivity contribution in [3.8, 4) is 0 Å². The Kier molecular flexibility index (Phi) is 3.31. The molecule has 1 atom stereocenters. The molecule has 0 spiro atoms. The van der Waals surface area contributed by atoms with Gasteiger partial charge in [0.25, 0.3) is 0 Å². The molecule has 15 heavy (non-hydrogen) atoms. The number of hydrogen-bond donors (Lipinski definition) is 0. The molecule has 0 aromatic rings. The Morgan fingerprint density at radius 3 is 2.80 bits per heavy atom. The maximum Gasteiger partial charge on any atom is 0.111 e. The van der Waals surface area contributed by atoms with Gasteiger partial charge in [-0.05, 0) is 46.1 Å². The normalized spacial score (nSPS) is 41.8. The first kappa shape index (κ1) is 11.3. The van der Waals surface area contributed by atoms with Crippen molar-refractivity contribution in [1.29, 1.82) is 0 Å². The van der Waals surface area contributed by atoms with Crippen LogP contribution in [0.5, 0.6) is 0 Å². The van der Waals surface area contributed by atoms with E-state index in [-0.39, 0.29) is 0 Å². The molecule has 88 valence electrons. The van der Waals surface area contributed by atoms with Crippen molar-refractivity contribution in [2.45, 2.75) is 57.3 Å². The second-order valence-corrected chi connectivity index (χ2v) is 5.17. The minimum absolute atomic E-state index is 0.480. The van der Waals surface area contributed by atoms with Gasteiger partial charge in [-0.25, -0.2) is 4.39 Å². The maximum atomic E-state index is 13.4. The summed E-state index contributed by atoms with van der Waals surface area (Å²) in [5.41, 5.74) is -0.899. The lowest BCUT2D eigenvalue weighted by Crippen LogP contribution is -2.53. The summed E-state index contributed by atoms with van der Waals surface area (Å²) in [7, 11) is 0. The SMILES string of the molecule is CCOCC1CCCN1C1CC(C)(F)C1. The minimum Gasteiger partial charge on any atom is -0.380 e. The molecule has 1 unspecified atom stereocenters. The lowest BCUT2D eigenvalue weighted by Gasteiger charge is -2.46. The second-order valence-electron chi connectivity index (χ2n) is 5.17. The highest BCUT2D eigenvalue weighted by Gasteiger charge is 2.46. The molecular weight excluding hydrogens is 193 g/mol. The molecule has 0 N–H and O–H groups in total. The Labute approximate surface area is 91.8 Å². The summed E-state index contributed by atoms with van der Waals surface area (Å²) in [4.78, 5) is 2.47. The quantitative estimate of drug-likeness (QED) is 0.714. The summed E-state index contributed by atoms with van der Waals surface area (Å²) in [6.45, 7) is 6.50. The van der Waals surface area contributed by atoms with E-state index >= 15 is 0 Å². The molecule has 3 heteroatoms. The minimum atomic E-state index is -0.899. The van der Waals surface area contributed by atoms with Gasteiger partial charge in [0.1, 0.15) is 5.67 Å². The van der Waals surface area contributed by atoms with E-state index in [0.29, 0.717) is 12.1 Å². The third kappa shape index (κ3) is 2.51. The Balaban J connectivity index is 1.81. The smallest absolute Gasteiger partial charge is 0.111 e. The predicted molar refractivity (Wildman–Crippen MR) is 58.8 cm³/mol. The topological polar surface area (TPSA) is 12.5 Å². The number of ether oxygens (including phenoxy) is 1. The average molecular weight is 215 g/mol. The van der Waals surface area contributed by atoms with E-state index in [2.05, 4.69) is 4.90 Å². The number of likely N-dealkylation sites (tertiary alicyclic amines) is 1. The molecule has 2 rings (SSSR count). The highest BCUT2D eigenvalue weighted by Crippen LogP contribution is 2.41. The number of hydrogen-bond acceptors (Lipinski definition) is 2. The van der Waals surface area contributed by atoms with Crippen LogP contribution in [0.1, 0.15) is 39.5 Å². The Bertz CT molecular complexity index is 212. The summed E-state index contributed by atoms with van der Waals surface area (Å²) in [6.07, 6.45) is 3.90. The van der Waals surface area contributed by atoms with Gasteiger partial charge in [-0.3, -0.25) is 4.90 Å². The molecule has 1 saturated carbocycles. The fourth-order valence-electron chi connectivity index (χ4n) is 2.93. The summed E-state index contributed by atoms with van der Waals surface area (Å²) in [6, 6.07) is 1.03.